The number of alkyl carbamates (subject to hydrolysis) is 1. The van der Waals surface area contributed by atoms with Gasteiger partial charge in [-0.3, -0.25) is 4.79 Å². The van der Waals surface area contributed by atoms with E-state index in [-0.39, 0.29) is 29.8 Å². The van der Waals surface area contributed by atoms with Crippen LogP contribution in [0.5, 0.6) is 0 Å². The Balaban J connectivity index is 1.26. The zero-order valence-corrected chi connectivity index (χ0v) is 21.9. The van der Waals surface area contributed by atoms with E-state index >= 15 is 0 Å². The standard InChI is InChI=1S/C25H31N5O6S/c1-25(2,3)36-23(34)26-11-7-6-10-20-28-29-24(35-20)37-14-21(31)30-13-18-16(12-19(30)22(32)33)15-8-4-5-9-17(15)27-18/h4-5,8-9,19,27H,6-7,10-14H2,1-3H3,(H,26,34)(H,32,33). The summed E-state index contributed by atoms with van der Waals surface area (Å²) < 4.78 is 10.8. The molecule has 3 heterocycles. The molecule has 0 spiro atoms. The van der Waals surface area contributed by atoms with Crippen molar-refractivity contribution in [2.75, 3.05) is 12.3 Å². The molecule has 4 rings (SSSR count). The Kier molecular flexibility index (Phi) is 8.06. The molecule has 198 valence electrons. The Morgan fingerprint density at radius 1 is 1.24 bits per heavy atom. The molecule has 11 nitrogen and oxygen atoms in total. The van der Waals surface area contributed by atoms with E-state index in [2.05, 4.69) is 20.5 Å². The van der Waals surface area contributed by atoms with E-state index in [4.69, 9.17) is 9.15 Å². The van der Waals surface area contributed by atoms with Gasteiger partial charge >= 0.3 is 12.1 Å². The van der Waals surface area contributed by atoms with Crippen LogP contribution < -0.4 is 5.32 Å². The lowest BCUT2D eigenvalue weighted by atomic mass is 9.96. The third kappa shape index (κ3) is 6.82. The van der Waals surface area contributed by atoms with E-state index < -0.39 is 23.7 Å². The molecule has 1 aliphatic heterocycles. The molecule has 12 heteroatoms. The largest absolute Gasteiger partial charge is 0.480 e. The number of aromatic amines is 1. The predicted octanol–water partition coefficient (Wildman–Crippen LogP) is 3.53. The highest BCUT2D eigenvalue weighted by Crippen LogP contribution is 2.31. The van der Waals surface area contributed by atoms with E-state index in [0.717, 1.165) is 40.3 Å². The highest BCUT2D eigenvalue weighted by atomic mass is 32.2. The number of H-pyrrole nitrogens is 1. The molecule has 37 heavy (non-hydrogen) atoms. The maximum atomic E-state index is 13.0. The SMILES string of the molecule is CC(C)(C)OC(=O)NCCCCc1nnc(SCC(=O)N2Cc3[nH]c4ccccc4c3CC2C(=O)O)o1. The molecule has 2 aromatic heterocycles. The highest BCUT2D eigenvalue weighted by Gasteiger charge is 2.36. The number of nitrogens with one attached hydrogen (secondary N) is 2. The lowest BCUT2D eigenvalue weighted by molar-refractivity contribution is -0.150. The molecule has 1 unspecified atom stereocenters. The minimum atomic E-state index is -1.03. The summed E-state index contributed by atoms with van der Waals surface area (Å²) in [7, 11) is 0. The van der Waals surface area contributed by atoms with Crippen LogP contribution in [0.15, 0.2) is 33.9 Å². The zero-order chi connectivity index (χ0) is 26.6. The van der Waals surface area contributed by atoms with Crippen LogP contribution in [0.2, 0.25) is 0 Å². The number of unbranched alkanes of at least 4 members (excludes halogenated alkanes) is 1. The molecular formula is C25H31N5O6S. The number of nitrogens with zero attached hydrogens (tertiary/aromatic N) is 3. The first kappa shape index (κ1) is 26.5. The monoisotopic (exact) mass is 529 g/mol. The number of aromatic nitrogens is 3. The summed E-state index contributed by atoms with van der Waals surface area (Å²) in [4.78, 5) is 41.3. The third-order valence-corrected chi connectivity index (χ3v) is 6.67. The van der Waals surface area contributed by atoms with Gasteiger partial charge in [0.25, 0.3) is 5.22 Å². The maximum Gasteiger partial charge on any atom is 0.407 e. The Morgan fingerprint density at radius 3 is 2.78 bits per heavy atom. The Morgan fingerprint density at radius 2 is 2.03 bits per heavy atom. The van der Waals surface area contributed by atoms with E-state index in [1.807, 2.05) is 45.0 Å². The lowest BCUT2D eigenvalue weighted by Crippen LogP contribution is -2.49. The summed E-state index contributed by atoms with van der Waals surface area (Å²) in [6.07, 6.45) is 1.77. The number of carbonyl (C=O) groups excluding carboxylic acids is 2. The lowest BCUT2D eigenvalue weighted by Gasteiger charge is -2.33. The Hall–Kier alpha value is -3.54. The van der Waals surface area contributed by atoms with E-state index in [0.29, 0.717) is 25.3 Å². The molecule has 0 radical (unpaired) electrons. The van der Waals surface area contributed by atoms with Crippen LogP contribution in [0.4, 0.5) is 4.79 Å². The fourth-order valence-corrected chi connectivity index (χ4v) is 4.87. The molecule has 0 bridgehead atoms. The van der Waals surface area contributed by atoms with Crippen LogP contribution in [-0.4, -0.2) is 67.1 Å². The fourth-order valence-electron chi connectivity index (χ4n) is 4.20. The molecule has 0 saturated heterocycles. The summed E-state index contributed by atoms with van der Waals surface area (Å²) in [5.41, 5.74) is 2.20. The molecule has 2 amide bonds. The number of aliphatic carboxylic acids is 1. The minimum absolute atomic E-state index is 0.0131. The number of thioether (sulfide) groups is 1. The van der Waals surface area contributed by atoms with Crippen LogP contribution in [-0.2, 0) is 33.7 Å². The van der Waals surface area contributed by atoms with Crippen molar-refractivity contribution >= 4 is 40.6 Å². The second-order valence-electron chi connectivity index (χ2n) is 9.84. The normalized spacial score (nSPS) is 15.4. The highest BCUT2D eigenvalue weighted by molar-refractivity contribution is 7.99. The second-order valence-corrected chi connectivity index (χ2v) is 10.8. The van der Waals surface area contributed by atoms with Crippen LogP contribution in [0, 0.1) is 0 Å². The van der Waals surface area contributed by atoms with Crippen LogP contribution >= 0.6 is 11.8 Å². The van der Waals surface area contributed by atoms with Crippen molar-refractivity contribution in [2.45, 2.75) is 69.9 Å². The van der Waals surface area contributed by atoms with Gasteiger partial charge in [0.1, 0.15) is 11.6 Å². The van der Waals surface area contributed by atoms with Crippen LogP contribution in [0.25, 0.3) is 10.9 Å². The number of para-hydroxylation sites is 1. The van der Waals surface area contributed by atoms with Gasteiger partial charge in [-0.05, 0) is 45.2 Å². The molecule has 3 aromatic rings. The number of rotatable bonds is 9. The molecule has 0 fully saturated rings. The molecule has 1 aromatic carbocycles. The van der Waals surface area contributed by atoms with Gasteiger partial charge < -0.3 is 29.5 Å². The molecule has 0 aliphatic carbocycles. The van der Waals surface area contributed by atoms with Gasteiger partial charge in [0.15, 0.2) is 0 Å². The number of carboxylic acids is 1. The first-order valence-electron chi connectivity index (χ1n) is 12.1. The van der Waals surface area contributed by atoms with E-state index in [1.165, 1.54) is 4.90 Å². The average Bonchev–Trinajstić information content (AvgIpc) is 3.44. The summed E-state index contributed by atoms with van der Waals surface area (Å²) in [5, 5.41) is 21.7. The molecular weight excluding hydrogens is 498 g/mol. The van der Waals surface area contributed by atoms with Gasteiger partial charge in [0.05, 0.1) is 12.3 Å². The maximum absolute atomic E-state index is 13.0. The van der Waals surface area contributed by atoms with E-state index in [9.17, 15) is 19.5 Å². The number of carboxylic acid groups (broad SMARTS) is 1. The van der Waals surface area contributed by atoms with Crippen molar-refractivity contribution in [2.24, 2.45) is 0 Å². The van der Waals surface area contributed by atoms with Crippen LogP contribution in [0.1, 0.15) is 50.8 Å². The minimum Gasteiger partial charge on any atom is -0.480 e. The number of benzene rings is 1. The molecule has 1 atom stereocenters. The van der Waals surface area contributed by atoms with Gasteiger partial charge in [-0.15, -0.1) is 10.2 Å². The average molecular weight is 530 g/mol. The third-order valence-electron chi connectivity index (χ3n) is 5.86. The van der Waals surface area contributed by atoms with Gasteiger partial charge in [-0.1, -0.05) is 30.0 Å². The summed E-state index contributed by atoms with van der Waals surface area (Å²) >= 11 is 1.09. The first-order chi connectivity index (χ1) is 17.6. The van der Waals surface area contributed by atoms with Crippen molar-refractivity contribution in [3.8, 4) is 0 Å². The number of hydrogen-bond acceptors (Lipinski definition) is 8. The van der Waals surface area contributed by atoms with Crippen molar-refractivity contribution in [1.82, 2.24) is 25.4 Å². The predicted molar refractivity (Wildman–Crippen MR) is 136 cm³/mol. The van der Waals surface area contributed by atoms with Gasteiger partial charge in [-0.2, -0.15) is 0 Å². The quantitative estimate of drug-likeness (QED) is 0.279. The zero-order valence-electron chi connectivity index (χ0n) is 21.1. The Labute approximate surface area is 218 Å². The van der Waals surface area contributed by atoms with Gasteiger partial charge in [0, 0.05) is 36.0 Å². The fraction of sp³-hybridized carbons (Fsp3) is 0.480. The number of amides is 2. The van der Waals surface area contributed by atoms with Gasteiger partial charge in [0.2, 0.25) is 11.8 Å². The number of aryl methyl sites for hydroxylation is 1. The van der Waals surface area contributed by atoms with Crippen molar-refractivity contribution < 1.29 is 28.6 Å². The first-order valence-corrected chi connectivity index (χ1v) is 13.1. The summed E-state index contributed by atoms with van der Waals surface area (Å²) in [6.45, 7) is 6.09. The van der Waals surface area contributed by atoms with Crippen molar-refractivity contribution in [1.29, 1.82) is 0 Å². The number of ether oxygens (including phenoxy) is 1. The van der Waals surface area contributed by atoms with Gasteiger partial charge in [-0.25, -0.2) is 9.59 Å². The second kappa shape index (κ2) is 11.2. The topological polar surface area (TPSA) is 151 Å². The summed E-state index contributed by atoms with van der Waals surface area (Å²) in [6, 6.07) is 6.79. The summed E-state index contributed by atoms with van der Waals surface area (Å²) in [5.74, 6) is -0.914. The smallest absolute Gasteiger partial charge is 0.407 e. The number of fused-ring (bicyclic) bond motifs is 3. The van der Waals surface area contributed by atoms with Crippen molar-refractivity contribution in [3.05, 3.63) is 41.4 Å². The van der Waals surface area contributed by atoms with E-state index in [1.54, 1.807) is 0 Å². The van der Waals surface area contributed by atoms with Crippen molar-refractivity contribution in [3.63, 3.8) is 0 Å². The molecule has 1 aliphatic rings. The number of hydrogen-bond donors (Lipinski definition) is 3. The molecule has 3 N–H and O–H groups in total. The molecule has 0 saturated carbocycles. The van der Waals surface area contributed by atoms with Crippen LogP contribution in [0.3, 0.4) is 0 Å². The number of carbonyl (C=O) groups is 3. The Bertz CT molecular complexity index is 1280.